The van der Waals surface area contributed by atoms with Gasteiger partial charge in [0.15, 0.2) is 0 Å². The van der Waals surface area contributed by atoms with Gasteiger partial charge in [-0.2, -0.15) is 0 Å². The molecule has 0 spiro atoms. The number of carbonyl (C=O) groups is 1. The van der Waals surface area contributed by atoms with Gasteiger partial charge in [-0.15, -0.1) is 0 Å². The first-order valence-electron chi connectivity index (χ1n) is 8.45. The van der Waals surface area contributed by atoms with Crippen LogP contribution in [0, 0.1) is 0 Å². The fourth-order valence-electron chi connectivity index (χ4n) is 3.47. The Balaban J connectivity index is 1.44. The number of nitrogens with one attached hydrogen (secondary N) is 2. The molecule has 1 aromatic carbocycles. The average Bonchev–Trinajstić information content (AvgIpc) is 2.96. The molecule has 1 fully saturated rings. The molecule has 2 aliphatic rings. The second-order valence-electron chi connectivity index (χ2n) is 6.44. The Hall–Kier alpha value is -1.39. The van der Waals surface area contributed by atoms with Crippen molar-refractivity contribution in [3.8, 4) is 0 Å². The van der Waals surface area contributed by atoms with Gasteiger partial charge in [-0.1, -0.05) is 24.3 Å². The lowest BCUT2D eigenvalue weighted by Crippen LogP contribution is -2.38. The zero-order valence-corrected chi connectivity index (χ0v) is 13.3. The summed E-state index contributed by atoms with van der Waals surface area (Å²) < 4.78 is 5.76. The molecule has 0 aliphatic carbocycles. The maximum Gasteiger partial charge on any atom is 0.220 e. The molecule has 2 heterocycles. The quantitative estimate of drug-likeness (QED) is 0.878. The van der Waals surface area contributed by atoms with Gasteiger partial charge >= 0.3 is 0 Å². The van der Waals surface area contributed by atoms with Crippen molar-refractivity contribution in [1.82, 2.24) is 10.6 Å². The van der Waals surface area contributed by atoms with Crippen LogP contribution in [0.1, 0.15) is 49.8 Å². The van der Waals surface area contributed by atoms with Gasteiger partial charge in [0.1, 0.15) is 0 Å². The van der Waals surface area contributed by atoms with E-state index in [9.17, 15) is 4.79 Å². The number of hydrogen-bond acceptors (Lipinski definition) is 3. The zero-order chi connectivity index (χ0) is 15.4. The normalized spacial score (nSPS) is 27.4. The van der Waals surface area contributed by atoms with E-state index in [0.29, 0.717) is 19.1 Å². The van der Waals surface area contributed by atoms with Gasteiger partial charge in [-0.05, 0) is 50.3 Å². The first-order valence-corrected chi connectivity index (χ1v) is 8.45. The largest absolute Gasteiger partial charge is 0.375 e. The highest BCUT2D eigenvalue weighted by atomic mass is 16.5. The highest BCUT2D eigenvalue weighted by Crippen LogP contribution is 2.23. The smallest absolute Gasteiger partial charge is 0.220 e. The maximum absolute atomic E-state index is 12.0. The Morgan fingerprint density at radius 1 is 1.36 bits per heavy atom. The van der Waals surface area contributed by atoms with Gasteiger partial charge in [-0.3, -0.25) is 4.79 Å². The van der Waals surface area contributed by atoms with E-state index in [4.69, 9.17) is 4.74 Å². The van der Waals surface area contributed by atoms with E-state index >= 15 is 0 Å². The monoisotopic (exact) mass is 302 g/mol. The van der Waals surface area contributed by atoms with Crippen molar-refractivity contribution in [1.29, 1.82) is 0 Å². The summed E-state index contributed by atoms with van der Waals surface area (Å²) in [4.78, 5) is 12.0. The summed E-state index contributed by atoms with van der Waals surface area (Å²) in [5.41, 5.74) is 2.72. The summed E-state index contributed by atoms with van der Waals surface area (Å²) in [6, 6.07) is 8.73. The Morgan fingerprint density at radius 2 is 2.23 bits per heavy atom. The number of fused-ring (bicyclic) bond motifs is 1. The molecule has 0 bridgehead atoms. The maximum atomic E-state index is 12.0. The van der Waals surface area contributed by atoms with Crippen molar-refractivity contribution < 1.29 is 9.53 Å². The van der Waals surface area contributed by atoms with Crippen molar-refractivity contribution in [2.45, 2.75) is 57.3 Å². The predicted molar refractivity (Wildman–Crippen MR) is 86.7 cm³/mol. The van der Waals surface area contributed by atoms with Crippen LogP contribution >= 0.6 is 0 Å². The van der Waals surface area contributed by atoms with Gasteiger partial charge < -0.3 is 15.4 Å². The minimum absolute atomic E-state index is 0.132. The molecule has 120 valence electrons. The molecular formula is C18H26N2O2. The lowest BCUT2D eigenvalue weighted by Gasteiger charge is -2.27. The van der Waals surface area contributed by atoms with Crippen molar-refractivity contribution in [2.24, 2.45) is 0 Å². The second-order valence-corrected chi connectivity index (χ2v) is 6.44. The number of rotatable bonds is 5. The third-order valence-electron chi connectivity index (χ3n) is 4.73. The number of amides is 1. The molecule has 2 aliphatic heterocycles. The third kappa shape index (κ3) is 3.87. The molecule has 3 rings (SSSR count). The molecule has 3 unspecified atom stereocenters. The second kappa shape index (κ2) is 7.25. The predicted octanol–water partition coefficient (Wildman–Crippen LogP) is 2.34. The zero-order valence-electron chi connectivity index (χ0n) is 13.3. The highest BCUT2D eigenvalue weighted by Gasteiger charge is 2.23. The van der Waals surface area contributed by atoms with Gasteiger partial charge in [-0.25, -0.2) is 0 Å². The average molecular weight is 302 g/mol. The first-order chi connectivity index (χ1) is 10.7. The molecular weight excluding hydrogens is 276 g/mol. The Labute approximate surface area is 132 Å². The SMILES string of the molecule is CC1CCC(CCC(=O)NCC2NCCc3ccccc32)O1. The minimum Gasteiger partial charge on any atom is -0.375 e. The fourth-order valence-corrected chi connectivity index (χ4v) is 3.47. The molecule has 4 nitrogen and oxygen atoms in total. The van der Waals surface area contributed by atoms with Crippen LogP contribution in [0.25, 0.3) is 0 Å². The van der Waals surface area contributed by atoms with Crippen LogP contribution in [0.2, 0.25) is 0 Å². The van der Waals surface area contributed by atoms with Gasteiger partial charge in [0.2, 0.25) is 5.91 Å². The van der Waals surface area contributed by atoms with Crippen LogP contribution in [-0.4, -0.2) is 31.2 Å². The molecule has 1 saturated heterocycles. The third-order valence-corrected chi connectivity index (χ3v) is 4.73. The molecule has 0 saturated carbocycles. The summed E-state index contributed by atoms with van der Waals surface area (Å²) >= 11 is 0. The lowest BCUT2D eigenvalue weighted by atomic mass is 9.94. The summed E-state index contributed by atoms with van der Waals surface area (Å²) in [6.45, 7) is 3.75. The number of benzene rings is 1. The van der Waals surface area contributed by atoms with Gasteiger partial charge in [0, 0.05) is 19.0 Å². The number of hydrogen-bond donors (Lipinski definition) is 2. The van der Waals surface area contributed by atoms with E-state index in [0.717, 1.165) is 32.2 Å². The Kier molecular flexibility index (Phi) is 5.11. The molecule has 0 radical (unpaired) electrons. The Morgan fingerprint density at radius 3 is 3.05 bits per heavy atom. The number of carbonyl (C=O) groups excluding carboxylic acids is 1. The van der Waals surface area contributed by atoms with Gasteiger partial charge in [0.25, 0.3) is 0 Å². The van der Waals surface area contributed by atoms with Crippen LogP contribution in [0.15, 0.2) is 24.3 Å². The number of ether oxygens (including phenoxy) is 1. The van der Waals surface area contributed by atoms with E-state index in [2.05, 4.69) is 41.8 Å². The molecule has 2 N–H and O–H groups in total. The van der Waals surface area contributed by atoms with Crippen molar-refractivity contribution in [2.75, 3.05) is 13.1 Å². The van der Waals surface area contributed by atoms with E-state index in [1.807, 2.05) is 0 Å². The van der Waals surface area contributed by atoms with E-state index < -0.39 is 0 Å². The van der Waals surface area contributed by atoms with E-state index in [1.54, 1.807) is 0 Å². The van der Waals surface area contributed by atoms with Crippen molar-refractivity contribution in [3.05, 3.63) is 35.4 Å². The van der Waals surface area contributed by atoms with Crippen LogP contribution < -0.4 is 10.6 Å². The molecule has 1 amide bonds. The summed E-state index contributed by atoms with van der Waals surface area (Å²) in [5.74, 6) is 0.132. The van der Waals surface area contributed by atoms with Crippen LogP contribution in [-0.2, 0) is 16.0 Å². The fraction of sp³-hybridized carbons (Fsp3) is 0.611. The standard InChI is InChI=1S/C18H26N2O2/c1-13-6-7-15(22-13)8-9-18(21)20-12-17-16-5-3-2-4-14(16)10-11-19-17/h2-5,13,15,17,19H,6-12H2,1H3,(H,20,21). The molecule has 3 atom stereocenters. The lowest BCUT2D eigenvalue weighted by molar-refractivity contribution is -0.121. The molecule has 1 aromatic rings. The van der Waals surface area contributed by atoms with Crippen LogP contribution in [0.3, 0.4) is 0 Å². The van der Waals surface area contributed by atoms with Crippen molar-refractivity contribution >= 4 is 5.91 Å². The van der Waals surface area contributed by atoms with Crippen molar-refractivity contribution in [3.63, 3.8) is 0 Å². The van der Waals surface area contributed by atoms with Gasteiger partial charge in [0.05, 0.1) is 12.2 Å². The Bertz CT molecular complexity index is 518. The molecule has 22 heavy (non-hydrogen) atoms. The minimum atomic E-state index is 0.132. The highest BCUT2D eigenvalue weighted by molar-refractivity contribution is 5.75. The molecule has 4 heteroatoms. The summed E-state index contributed by atoms with van der Waals surface area (Å²) in [7, 11) is 0. The summed E-state index contributed by atoms with van der Waals surface area (Å²) in [6.07, 6.45) is 5.31. The van der Waals surface area contributed by atoms with Crippen LogP contribution in [0.5, 0.6) is 0 Å². The topological polar surface area (TPSA) is 50.4 Å². The first kappa shape index (κ1) is 15.5. The van der Waals surface area contributed by atoms with E-state index in [-0.39, 0.29) is 18.1 Å². The summed E-state index contributed by atoms with van der Waals surface area (Å²) in [5, 5.41) is 6.57. The van der Waals surface area contributed by atoms with Crippen LogP contribution in [0.4, 0.5) is 0 Å². The van der Waals surface area contributed by atoms with E-state index in [1.165, 1.54) is 11.1 Å². The molecule has 0 aromatic heterocycles.